The van der Waals surface area contributed by atoms with Crippen LogP contribution in [-0.4, -0.2) is 11.6 Å². The van der Waals surface area contributed by atoms with E-state index in [1.807, 2.05) is 0 Å². The highest BCUT2D eigenvalue weighted by Crippen LogP contribution is 2.57. The quantitative estimate of drug-likeness (QED) is 0.568. The molecule has 0 aromatic carbocycles. The van der Waals surface area contributed by atoms with Gasteiger partial charge in [-0.2, -0.15) is 0 Å². The maximum Gasteiger partial charge on any atom is 0.312 e. The highest BCUT2D eigenvalue weighted by molar-refractivity contribution is 5.78. The van der Waals surface area contributed by atoms with E-state index >= 15 is 0 Å². The Morgan fingerprint density at radius 2 is 1.67 bits per heavy atom. The molecule has 140 valence electrons. The van der Waals surface area contributed by atoms with Gasteiger partial charge in [0.05, 0.1) is 5.41 Å². The molecule has 2 nitrogen and oxygen atoms in total. The van der Waals surface area contributed by atoms with Crippen molar-refractivity contribution >= 4 is 5.97 Å². The number of hydrogen-bond acceptors (Lipinski definition) is 2. The molecule has 24 heavy (non-hydrogen) atoms. The maximum absolute atomic E-state index is 13.5. The molecule has 4 atom stereocenters. The fraction of sp³-hybridized carbons (Fsp3) is 0.955. The van der Waals surface area contributed by atoms with Gasteiger partial charge in [-0.1, -0.05) is 55.4 Å². The molecule has 0 N–H and O–H groups in total. The van der Waals surface area contributed by atoms with Crippen molar-refractivity contribution in [2.75, 3.05) is 0 Å². The molecule has 4 unspecified atom stereocenters. The number of carbonyl (C=O) groups excluding carboxylic acids is 1. The molecule has 2 rings (SSSR count). The first kappa shape index (κ1) is 19.8. The van der Waals surface area contributed by atoms with E-state index < -0.39 is 5.41 Å². The number of fused-ring (bicyclic) bond motifs is 2. The summed E-state index contributed by atoms with van der Waals surface area (Å²) in [5.41, 5.74) is -0.701. The third-order valence-corrected chi connectivity index (χ3v) is 7.09. The summed E-state index contributed by atoms with van der Waals surface area (Å²) in [6.45, 7) is 19.8. The SMILES string of the molecule is CC(C)C1(OC(=O)C(C)(CC(C)(C)C)C(C)(C)C)CC2CCC1C2. The van der Waals surface area contributed by atoms with E-state index in [0.29, 0.717) is 11.8 Å². The maximum atomic E-state index is 13.5. The zero-order valence-corrected chi connectivity index (χ0v) is 17.6. The molecule has 0 aliphatic heterocycles. The molecule has 0 heterocycles. The third kappa shape index (κ3) is 3.40. The van der Waals surface area contributed by atoms with Crippen LogP contribution in [0, 0.1) is 34.0 Å². The second kappa shape index (κ2) is 6.02. The fourth-order valence-corrected chi connectivity index (χ4v) is 5.26. The normalized spacial score (nSPS) is 32.9. The molecule has 2 aliphatic carbocycles. The van der Waals surface area contributed by atoms with Gasteiger partial charge in [-0.15, -0.1) is 0 Å². The van der Waals surface area contributed by atoms with Crippen molar-refractivity contribution in [3.05, 3.63) is 0 Å². The molecule has 2 aliphatic rings. The number of rotatable bonds is 4. The van der Waals surface area contributed by atoms with E-state index in [0.717, 1.165) is 18.8 Å². The Hall–Kier alpha value is -0.530. The van der Waals surface area contributed by atoms with E-state index in [9.17, 15) is 4.79 Å². The van der Waals surface area contributed by atoms with E-state index in [4.69, 9.17) is 4.74 Å². The van der Waals surface area contributed by atoms with Gasteiger partial charge in [-0.25, -0.2) is 0 Å². The summed E-state index contributed by atoms with van der Waals surface area (Å²) in [7, 11) is 0. The highest BCUT2D eigenvalue weighted by Gasteiger charge is 2.58. The second-order valence-corrected chi connectivity index (χ2v) is 11.4. The summed E-state index contributed by atoms with van der Waals surface area (Å²) in [6.07, 6.45) is 5.76. The van der Waals surface area contributed by atoms with Crippen molar-refractivity contribution in [2.24, 2.45) is 34.0 Å². The molecule has 2 bridgehead atoms. The van der Waals surface area contributed by atoms with Crippen molar-refractivity contribution in [3.63, 3.8) is 0 Å². The molecule has 0 radical (unpaired) electrons. The predicted molar refractivity (Wildman–Crippen MR) is 101 cm³/mol. The van der Waals surface area contributed by atoms with Crippen molar-refractivity contribution in [2.45, 2.75) is 100 Å². The van der Waals surface area contributed by atoms with Crippen LogP contribution in [0.1, 0.15) is 94.4 Å². The number of esters is 1. The summed E-state index contributed by atoms with van der Waals surface area (Å²) in [6, 6.07) is 0. The van der Waals surface area contributed by atoms with E-state index in [1.165, 1.54) is 19.3 Å². The summed E-state index contributed by atoms with van der Waals surface area (Å²) in [5, 5.41) is 0. The predicted octanol–water partition coefficient (Wildman–Crippen LogP) is 6.23. The molecule has 0 saturated heterocycles. The van der Waals surface area contributed by atoms with Gasteiger partial charge in [-0.05, 0) is 67.6 Å². The van der Waals surface area contributed by atoms with Gasteiger partial charge >= 0.3 is 5.97 Å². The molecule has 0 amide bonds. The minimum absolute atomic E-state index is 0.0335. The van der Waals surface area contributed by atoms with Crippen LogP contribution in [-0.2, 0) is 9.53 Å². The molecular weight excluding hydrogens is 296 g/mol. The van der Waals surface area contributed by atoms with Gasteiger partial charge in [-0.3, -0.25) is 4.79 Å². The first-order chi connectivity index (χ1) is 10.7. The standard InChI is InChI=1S/C22H40O2/c1-15(2)22(13-16-10-11-17(22)12-16)24-18(23)21(9,20(6,7)8)14-19(3,4)5/h15-17H,10-14H2,1-9H3. The Kier molecular flexibility index (Phi) is 4.97. The number of ether oxygens (including phenoxy) is 1. The summed E-state index contributed by atoms with van der Waals surface area (Å²) in [4.78, 5) is 13.5. The minimum Gasteiger partial charge on any atom is -0.458 e. The molecule has 0 aromatic heterocycles. The van der Waals surface area contributed by atoms with Gasteiger partial charge in [0.1, 0.15) is 5.60 Å². The Labute approximate surface area is 150 Å². The molecule has 0 spiro atoms. The molecule has 2 heteroatoms. The Morgan fingerprint density at radius 1 is 1.08 bits per heavy atom. The average molecular weight is 337 g/mol. The topological polar surface area (TPSA) is 26.3 Å². The smallest absolute Gasteiger partial charge is 0.312 e. The van der Waals surface area contributed by atoms with Crippen molar-refractivity contribution in [1.82, 2.24) is 0 Å². The van der Waals surface area contributed by atoms with Crippen LogP contribution >= 0.6 is 0 Å². The summed E-state index contributed by atoms with van der Waals surface area (Å²) >= 11 is 0. The minimum atomic E-state index is -0.463. The van der Waals surface area contributed by atoms with Crippen LogP contribution in [0.3, 0.4) is 0 Å². The average Bonchev–Trinajstić information content (AvgIpc) is 2.95. The first-order valence-corrected chi connectivity index (χ1v) is 9.95. The van der Waals surface area contributed by atoms with Crippen LogP contribution < -0.4 is 0 Å². The van der Waals surface area contributed by atoms with Gasteiger partial charge in [0.2, 0.25) is 0 Å². The summed E-state index contributed by atoms with van der Waals surface area (Å²) in [5.74, 6) is 1.78. The van der Waals surface area contributed by atoms with Crippen molar-refractivity contribution < 1.29 is 9.53 Å². The Bertz CT molecular complexity index is 479. The lowest BCUT2D eigenvalue weighted by Crippen LogP contribution is -2.52. The lowest BCUT2D eigenvalue weighted by molar-refractivity contribution is -0.193. The lowest BCUT2D eigenvalue weighted by atomic mass is 9.61. The van der Waals surface area contributed by atoms with Gasteiger partial charge in [0, 0.05) is 0 Å². The zero-order chi connectivity index (χ0) is 18.6. The van der Waals surface area contributed by atoms with Crippen LogP contribution in [0.2, 0.25) is 0 Å². The molecular formula is C22H40O2. The molecule has 2 fully saturated rings. The van der Waals surface area contributed by atoms with E-state index in [-0.39, 0.29) is 22.4 Å². The van der Waals surface area contributed by atoms with Crippen LogP contribution in [0.25, 0.3) is 0 Å². The van der Waals surface area contributed by atoms with Gasteiger partial charge in [0.15, 0.2) is 0 Å². The highest BCUT2D eigenvalue weighted by atomic mass is 16.6. The van der Waals surface area contributed by atoms with Gasteiger partial charge in [0.25, 0.3) is 0 Å². The third-order valence-electron chi connectivity index (χ3n) is 7.09. The van der Waals surface area contributed by atoms with Crippen LogP contribution in [0.4, 0.5) is 0 Å². The largest absolute Gasteiger partial charge is 0.458 e. The lowest BCUT2D eigenvalue weighted by Gasteiger charge is -2.48. The first-order valence-electron chi connectivity index (χ1n) is 9.95. The monoisotopic (exact) mass is 336 g/mol. The summed E-state index contributed by atoms with van der Waals surface area (Å²) < 4.78 is 6.49. The van der Waals surface area contributed by atoms with E-state index in [2.05, 4.69) is 62.3 Å². The van der Waals surface area contributed by atoms with Crippen molar-refractivity contribution in [1.29, 1.82) is 0 Å². The molecule has 0 aromatic rings. The van der Waals surface area contributed by atoms with Crippen molar-refractivity contribution in [3.8, 4) is 0 Å². The van der Waals surface area contributed by atoms with E-state index in [1.54, 1.807) is 0 Å². The van der Waals surface area contributed by atoms with Crippen LogP contribution in [0.5, 0.6) is 0 Å². The number of hydrogen-bond donors (Lipinski definition) is 0. The number of carbonyl (C=O) groups is 1. The van der Waals surface area contributed by atoms with Gasteiger partial charge < -0.3 is 4.74 Å². The molecule has 2 saturated carbocycles. The Balaban J connectivity index is 2.30. The van der Waals surface area contributed by atoms with Crippen LogP contribution in [0.15, 0.2) is 0 Å². The fourth-order valence-electron chi connectivity index (χ4n) is 5.26. The zero-order valence-electron chi connectivity index (χ0n) is 17.6. The Morgan fingerprint density at radius 3 is 2.00 bits per heavy atom. The second-order valence-electron chi connectivity index (χ2n) is 11.4.